The first-order valence-electron chi connectivity index (χ1n) is 12.5. The Morgan fingerprint density at radius 1 is 1.29 bits per heavy atom. The number of rotatable bonds is 11. The Hall–Kier alpha value is -3.35. The van der Waals surface area contributed by atoms with Crippen LogP contribution in [0.25, 0.3) is 32.0 Å². The molecule has 5 rings (SSSR count). The lowest BCUT2D eigenvalue weighted by Gasteiger charge is -2.15. The van der Waals surface area contributed by atoms with Crippen molar-refractivity contribution in [1.82, 2.24) is 24.8 Å². The minimum Gasteiger partial charge on any atom is -0.495 e. The first-order valence-corrected chi connectivity index (χ1v) is 17.1. The lowest BCUT2D eigenvalue weighted by atomic mass is 10.1. The molecule has 0 bridgehead atoms. The van der Waals surface area contributed by atoms with Crippen molar-refractivity contribution in [3.05, 3.63) is 36.3 Å². The smallest absolute Gasteiger partial charge is 0.326 e. The van der Waals surface area contributed by atoms with Gasteiger partial charge in [-0.05, 0) is 36.9 Å². The number of carbonyl (C=O) groups is 2. The second-order valence-electron chi connectivity index (χ2n) is 10.8. The van der Waals surface area contributed by atoms with Crippen LogP contribution in [0.3, 0.4) is 0 Å². The summed E-state index contributed by atoms with van der Waals surface area (Å²) < 4.78 is 14.0. The quantitative estimate of drug-likeness (QED) is 0.203. The molecule has 38 heavy (non-hydrogen) atoms. The summed E-state index contributed by atoms with van der Waals surface area (Å²) in [6.07, 6.45) is 6.59. The van der Waals surface area contributed by atoms with Crippen molar-refractivity contribution in [3.8, 4) is 16.3 Å². The van der Waals surface area contributed by atoms with E-state index in [-0.39, 0.29) is 18.2 Å². The number of hydrogen-bond donors (Lipinski definition) is 2. The third kappa shape index (κ3) is 5.57. The van der Waals surface area contributed by atoms with Crippen LogP contribution in [-0.2, 0) is 16.3 Å². The molecule has 4 aromatic rings. The van der Waals surface area contributed by atoms with E-state index in [1.807, 2.05) is 6.07 Å². The molecule has 10 nitrogen and oxygen atoms in total. The number of aliphatic carboxylic acids is 1. The topological polar surface area (TPSA) is 128 Å². The highest BCUT2D eigenvalue weighted by molar-refractivity contribution is 7.22. The fraction of sp³-hybridized carbons (Fsp3) is 0.423. The van der Waals surface area contributed by atoms with Crippen molar-refractivity contribution in [1.29, 1.82) is 0 Å². The summed E-state index contributed by atoms with van der Waals surface area (Å²) in [6, 6.07) is 3.81. The van der Waals surface area contributed by atoms with Gasteiger partial charge in [0.1, 0.15) is 24.0 Å². The van der Waals surface area contributed by atoms with Crippen molar-refractivity contribution in [2.75, 3.05) is 13.7 Å². The maximum absolute atomic E-state index is 13.3. The van der Waals surface area contributed by atoms with Crippen molar-refractivity contribution in [2.45, 2.75) is 51.3 Å². The van der Waals surface area contributed by atoms with Crippen molar-refractivity contribution < 1.29 is 24.2 Å². The number of nitrogens with one attached hydrogen (secondary N) is 1. The average Bonchev–Trinajstić information content (AvgIpc) is 3.51. The van der Waals surface area contributed by atoms with Gasteiger partial charge >= 0.3 is 5.97 Å². The molecule has 0 radical (unpaired) electrons. The number of pyridine rings is 1. The zero-order valence-electron chi connectivity index (χ0n) is 21.9. The molecule has 0 aromatic carbocycles. The Labute approximate surface area is 225 Å². The summed E-state index contributed by atoms with van der Waals surface area (Å²) >= 11 is 1.48. The van der Waals surface area contributed by atoms with Gasteiger partial charge in [-0.3, -0.25) is 9.78 Å². The van der Waals surface area contributed by atoms with E-state index < -0.39 is 26.0 Å². The van der Waals surface area contributed by atoms with E-state index in [0.29, 0.717) is 23.5 Å². The minimum absolute atomic E-state index is 0.0441. The Morgan fingerprint density at radius 3 is 2.76 bits per heavy atom. The third-order valence-electron chi connectivity index (χ3n) is 6.53. The molecular formula is C26H31N5O5SSi. The molecule has 1 aliphatic carbocycles. The number of thiophene rings is 1. The van der Waals surface area contributed by atoms with Crippen molar-refractivity contribution >= 4 is 52.7 Å². The SMILES string of the molecule is COc1ccnc2cc(-c3cnc4c(n3)c(C(=O)N[C@@H](C(=O)O)C3CC3)cn4COCC[Si](C)(C)C)sc12. The normalized spacial score (nSPS) is 14.6. The number of methoxy groups -OCH3 is 1. The largest absolute Gasteiger partial charge is 0.495 e. The van der Waals surface area contributed by atoms with Crippen LogP contribution in [0.1, 0.15) is 23.2 Å². The molecule has 0 unspecified atom stereocenters. The highest BCUT2D eigenvalue weighted by Gasteiger charge is 2.38. The average molecular weight is 554 g/mol. The van der Waals surface area contributed by atoms with E-state index in [0.717, 1.165) is 39.7 Å². The van der Waals surface area contributed by atoms with E-state index in [2.05, 4.69) is 34.9 Å². The van der Waals surface area contributed by atoms with Gasteiger partial charge in [0.05, 0.1) is 39.7 Å². The molecule has 0 saturated heterocycles. The van der Waals surface area contributed by atoms with Gasteiger partial charge in [0, 0.05) is 27.1 Å². The number of amides is 1. The number of aromatic nitrogens is 4. The fourth-order valence-electron chi connectivity index (χ4n) is 4.21. The summed E-state index contributed by atoms with van der Waals surface area (Å²) in [6.45, 7) is 7.69. The Morgan fingerprint density at radius 2 is 2.08 bits per heavy atom. The van der Waals surface area contributed by atoms with Crippen molar-refractivity contribution in [3.63, 3.8) is 0 Å². The van der Waals surface area contributed by atoms with Crippen LogP contribution in [-0.4, -0.2) is 64.3 Å². The number of nitrogens with zero attached hydrogens (tertiary/aromatic N) is 4. The van der Waals surface area contributed by atoms with Gasteiger partial charge in [-0.15, -0.1) is 11.3 Å². The van der Waals surface area contributed by atoms with Crippen molar-refractivity contribution in [2.24, 2.45) is 5.92 Å². The van der Waals surface area contributed by atoms with Gasteiger partial charge in [-0.25, -0.2) is 14.8 Å². The Bertz CT molecular complexity index is 1510. The zero-order valence-corrected chi connectivity index (χ0v) is 23.7. The molecular weight excluding hydrogens is 522 g/mol. The number of ether oxygens (including phenoxy) is 2. The molecule has 4 heterocycles. The van der Waals surface area contributed by atoms with E-state index in [9.17, 15) is 14.7 Å². The van der Waals surface area contributed by atoms with Gasteiger partial charge in [-0.1, -0.05) is 19.6 Å². The summed E-state index contributed by atoms with van der Waals surface area (Å²) in [5, 5.41) is 12.3. The molecule has 12 heteroatoms. The van der Waals surface area contributed by atoms with Crippen LogP contribution < -0.4 is 10.1 Å². The summed E-state index contributed by atoms with van der Waals surface area (Å²) in [7, 11) is 0.360. The van der Waals surface area contributed by atoms with Crippen LogP contribution in [0, 0.1) is 5.92 Å². The first kappa shape index (κ1) is 26.3. The Kier molecular flexibility index (Phi) is 7.21. The summed E-state index contributed by atoms with van der Waals surface area (Å²) in [5.74, 6) is -0.835. The number of carboxylic acids is 1. The Balaban J connectivity index is 1.51. The van der Waals surface area contributed by atoms with Crippen LogP contribution >= 0.6 is 11.3 Å². The van der Waals surface area contributed by atoms with E-state index >= 15 is 0 Å². The standard InChI is InChI=1S/C26H31N5O5SSi/c1-35-19-7-8-27-17-11-20(37-23(17)19)18-12-28-24-22(29-18)16(13-31(24)14-36-9-10-38(2,3)4)25(32)30-21(26(33)34)15-5-6-15/h7-8,11-13,15,21H,5-6,9-10,14H2,1-4H3,(H,30,32)(H,33,34)/t21-/m1/s1. The number of carbonyl (C=O) groups excluding carboxylic acids is 1. The van der Waals surface area contributed by atoms with Gasteiger partial charge in [0.25, 0.3) is 5.91 Å². The maximum Gasteiger partial charge on any atom is 0.326 e. The lowest BCUT2D eigenvalue weighted by molar-refractivity contribution is -0.139. The molecule has 1 atom stereocenters. The maximum atomic E-state index is 13.3. The molecule has 1 fully saturated rings. The molecule has 4 aromatic heterocycles. The molecule has 0 aliphatic heterocycles. The molecule has 200 valence electrons. The summed E-state index contributed by atoms with van der Waals surface area (Å²) in [4.78, 5) is 39.8. The number of hydrogen-bond acceptors (Lipinski definition) is 8. The van der Waals surface area contributed by atoms with Crippen LogP contribution in [0.15, 0.2) is 30.7 Å². The minimum atomic E-state index is -1.26. The number of fused-ring (bicyclic) bond motifs is 2. The second-order valence-corrected chi connectivity index (χ2v) is 17.4. The monoisotopic (exact) mass is 553 g/mol. The second kappa shape index (κ2) is 10.4. The predicted molar refractivity (Wildman–Crippen MR) is 148 cm³/mol. The fourth-order valence-corrected chi connectivity index (χ4v) is 6.03. The first-order chi connectivity index (χ1) is 18.1. The summed E-state index contributed by atoms with van der Waals surface area (Å²) in [5.41, 5.74) is 2.54. The lowest BCUT2D eigenvalue weighted by Crippen LogP contribution is -2.42. The third-order valence-corrected chi connectivity index (χ3v) is 9.40. The predicted octanol–water partition coefficient (Wildman–Crippen LogP) is 4.62. The highest BCUT2D eigenvalue weighted by Crippen LogP contribution is 2.37. The molecule has 1 saturated carbocycles. The highest BCUT2D eigenvalue weighted by atomic mass is 32.1. The van der Waals surface area contributed by atoms with Gasteiger partial charge < -0.3 is 24.5 Å². The zero-order chi connectivity index (χ0) is 27.0. The number of carboxylic acid groups (broad SMARTS) is 1. The van der Waals surface area contributed by atoms with Gasteiger partial charge in [0.15, 0.2) is 5.65 Å². The van der Waals surface area contributed by atoms with Gasteiger partial charge in [-0.2, -0.15) is 0 Å². The molecule has 0 spiro atoms. The molecule has 1 aliphatic rings. The van der Waals surface area contributed by atoms with Crippen LogP contribution in [0.4, 0.5) is 0 Å². The molecule has 1 amide bonds. The van der Waals surface area contributed by atoms with E-state index in [4.69, 9.17) is 14.5 Å². The molecule has 2 N–H and O–H groups in total. The van der Waals surface area contributed by atoms with Crippen LogP contribution in [0.5, 0.6) is 5.75 Å². The van der Waals surface area contributed by atoms with Gasteiger partial charge in [0.2, 0.25) is 0 Å². The van der Waals surface area contributed by atoms with Crippen LogP contribution in [0.2, 0.25) is 25.7 Å². The van der Waals surface area contributed by atoms with E-state index in [1.165, 1.54) is 11.3 Å². The van der Waals surface area contributed by atoms with E-state index in [1.54, 1.807) is 36.3 Å².